The quantitative estimate of drug-likeness (QED) is 0.722. The van der Waals surface area contributed by atoms with Gasteiger partial charge in [-0.3, -0.25) is 4.79 Å². The molecule has 2 N–H and O–H groups in total. The molecular formula is C6H7ClN2OS. The number of hydrogen-bond donors (Lipinski definition) is 1. The maximum Gasteiger partial charge on any atom is 0.228 e. The molecule has 11 heavy (non-hydrogen) atoms. The highest BCUT2D eigenvalue weighted by Gasteiger charge is 2.18. The lowest BCUT2D eigenvalue weighted by Gasteiger charge is -2.03. The van der Waals surface area contributed by atoms with Gasteiger partial charge < -0.3 is 5.73 Å². The van der Waals surface area contributed by atoms with E-state index >= 15 is 0 Å². The molecule has 0 spiro atoms. The molecule has 1 unspecified atom stereocenters. The van der Waals surface area contributed by atoms with Gasteiger partial charge in [-0.1, -0.05) is 0 Å². The molecule has 1 heterocycles. The lowest BCUT2D eigenvalue weighted by Crippen LogP contribution is -2.22. The number of hydrogen-bond acceptors (Lipinski definition) is 3. The first-order valence-corrected chi connectivity index (χ1v) is 4.41. The molecular weight excluding hydrogens is 184 g/mol. The van der Waals surface area contributed by atoms with Gasteiger partial charge in [0.2, 0.25) is 5.91 Å². The third-order valence-corrected chi connectivity index (χ3v) is 2.45. The van der Waals surface area contributed by atoms with Gasteiger partial charge in [0.25, 0.3) is 0 Å². The maximum atomic E-state index is 10.7. The van der Waals surface area contributed by atoms with Gasteiger partial charge >= 0.3 is 0 Å². The molecule has 60 valence electrons. The second-order valence-corrected chi connectivity index (χ2v) is 3.21. The standard InChI is InChI=1S/C6H7ClN2OS/c7-3-4(5(8)10)6-9-1-2-11-6/h1-2,4H,3H2,(H2,8,10). The molecule has 0 radical (unpaired) electrons. The van der Waals surface area contributed by atoms with E-state index in [0.717, 1.165) is 0 Å². The van der Waals surface area contributed by atoms with Gasteiger partial charge in [-0.05, 0) is 0 Å². The van der Waals surface area contributed by atoms with E-state index in [2.05, 4.69) is 4.98 Å². The number of nitrogens with two attached hydrogens (primary N) is 1. The number of amides is 1. The Hall–Kier alpha value is -0.610. The van der Waals surface area contributed by atoms with Gasteiger partial charge in [0.15, 0.2) is 0 Å². The summed E-state index contributed by atoms with van der Waals surface area (Å²) in [4.78, 5) is 14.7. The van der Waals surface area contributed by atoms with Crippen molar-refractivity contribution in [3.63, 3.8) is 0 Å². The number of thiazole rings is 1. The molecule has 0 aromatic carbocycles. The Balaban J connectivity index is 2.79. The van der Waals surface area contributed by atoms with Gasteiger partial charge in [-0.25, -0.2) is 4.98 Å². The summed E-state index contributed by atoms with van der Waals surface area (Å²) >= 11 is 6.91. The van der Waals surface area contributed by atoms with Gasteiger partial charge in [0, 0.05) is 17.5 Å². The molecule has 0 saturated carbocycles. The van der Waals surface area contributed by atoms with Gasteiger partial charge in [0.05, 0.1) is 0 Å². The summed E-state index contributed by atoms with van der Waals surface area (Å²) < 4.78 is 0. The van der Waals surface area contributed by atoms with Crippen LogP contribution in [0, 0.1) is 0 Å². The van der Waals surface area contributed by atoms with E-state index in [1.807, 2.05) is 0 Å². The topological polar surface area (TPSA) is 56.0 Å². The fourth-order valence-electron chi connectivity index (χ4n) is 0.670. The van der Waals surface area contributed by atoms with Crippen LogP contribution in [0.2, 0.25) is 0 Å². The molecule has 5 heteroatoms. The van der Waals surface area contributed by atoms with Crippen LogP contribution in [0.3, 0.4) is 0 Å². The summed E-state index contributed by atoms with van der Waals surface area (Å²) in [6.07, 6.45) is 1.63. The second-order valence-electron chi connectivity index (χ2n) is 1.98. The van der Waals surface area contributed by atoms with E-state index in [4.69, 9.17) is 17.3 Å². The predicted octanol–water partition coefficient (Wildman–Crippen LogP) is 0.951. The molecule has 1 amide bonds. The summed E-state index contributed by atoms with van der Waals surface area (Å²) in [7, 11) is 0. The van der Waals surface area contributed by atoms with Crippen molar-refractivity contribution in [3.8, 4) is 0 Å². The molecule has 1 aromatic rings. The third kappa shape index (κ3) is 1.91. The number of halogens is 1. The first-order chi connectivity index (χ1) is 5.25. The number of primary amides is 1. The zero-order chi connectivity index (χ0) is 8.27. The van der Waals surface area contributed by atoms with Crippen LogP contribution >= 0.6 is 22.9 Å². The Bertz CT molecular complexity index is 237. The van der Waals surface area contributed by atoms with Crippen LogP contribution in [0.1, 0.15) is 10.9 Å². The fourth-order valence-corrected chi connectivity index (χ4v) is 1.81. The monoisotopic (exact) mass is 190 g/mol. The van der Waals surface area contributed by atoms with Crippen molar-refractivity contribution in [1.82, 2.24) is 4.98 Å². The first-order valence-electron chi connectivity index (χ1n) is 3.00. The second kappa shape index (κ2) is 3.69. The Kier molecular flexibility index (Phi) is 2.84. The minimum atomic E-state index is -0.434. The van der Waals surface area contributed by atoms with Crippen LogP contribution in [0.25, 0.3) is 0 Å². The Labute approximate surface area is 73.2 Å². The Morgan fingerprint density at radius 2 is 2.64 bits per heavy atom. The van der Waals surface area contributed by atoms with Crippen molar-refractivity contribution < 1.29 is 4.79 Å². The van der Waals surface area contributed by atoms with E-state index in [9.17, 15) is 4.79 Å². The minimum absolute atomic E-state index is 0.197. The smallest absolute Gasteiger partial charge is 0.228 e. The van der Waals surface area contributed by atoms with Crippen molar-refractivity contribution in [2.45, 2.75) is 5.92 Å². The van der Waals surface area contributed by atoms with Crippen molar-refractivity contribution >= 4 is 28.8 Å². The molecule has 1 aromatic heterocycles. The van der Waals surface area contributed by atoms with Crippen LogP contribution in [-0.2, 0) is 4.79 Å². The summed E-state index contributed by atoms with van der Waals surface area (Å²) in [5.74, 6) is -0.658. The lowest BCUT2D eigenvalue weighted by atomic mass is 10.2. The van der Waals surface area contributed by atoms with E-state index in [-0.39, 0.29) is 5.88 Å². The number of rotatable bonds is 3. The summed E-state index contributed by atoms with van der Waals surface area (Å²) in [5.41, 5.74) is 5.08. The molecule has 0 aliphatic rings. The van der Waals surface area contributed by atoms with E-state index in [1.54, 1.807) is 11.6 Å². The van der Waals surface area contributed by atoms with Gasteiger partial charge in [-0.2, -0.15) is 0 Å². The number of carbonyl (C=O) groups is 1. The SMILES string of the molecule is NC(=O)C(CCl)c1nccs1. The Morgan fingerprint density at radius 3 is 3.00 bits per heavy atom. The minimum Gasteiger partial charge on any atom is -0.369 e. The average molecular weight is 191 g/mol. The fraction of sp³-hybridized carbons (Fsp3) is 0.333. The van der Waals surface area contributed by atoms with Gasteiger partial charge in [-0.15, -0.1) is 22.9 Å². The molecule has 1 rings (SSSR count). The van der Waals surface area contributed by atoms with E-state index in [0.29, 0.717) is 5.01 Å². The van der Waals surface area contributed by atoms with Crippen molar-refractivity contribution in [3.05, 3.63) is 16.6 Å². The van der Waals surface area contributed by atoms with Crippen LogP contribution in [0.5, 0.6) is 0 Å². The van der Waals surface area contributed by atoms with Crippen LogP contribution in [0.15, 0.2) is 11.6 Å². The lowest BCUT2D eigenvalue weighted by molar-refractivity contribution is -0.119. The van der Waals surface area contributed by atoms with Crippen molar-refractivity contribution in [2.24, 2.45) is 5.73 Å². The molecule has 0 fully saturated rings. The molecule has 3 nitrogen and oxygen atoms in total. The zero-order valence-corrected chi connectivity index (χ0v) is 7.23. The normalized spacial score (nSPS) is 12.8. The number of aromatic nitrogens is 1. The highest BCUT2D eigenvalue weighted by Crippen LogP contribution is 2.18. The number of alkyl halides is 1. The molecule has 0 aliphatic heterocycles. The van der Waals surface area contributed by atoms with Crippen molar-refractivity contribution in [2.75, 3.05) is 5.88 Å². The highest BCUT2D eigenvalue weighted by molar-refractivity contribution is 7.09. The molecule has 0 bridgehead atoms. The Morgan fingerprint density at radius 1 is 1.91 bits per heavy atom. The van der Waals surface area contributed by atoms with E-state index < -0.39 is 11.8 Å². The largest absolute Gasteiger partial charge is 0.369 e. The molecule has 0 saturated heterocycles. The average Bonchev–Trinajstić information content (AvgIpc) is 2.40. The highest BCUT2D eigenvalue weighted by atomic mass is 35.5. The summed E-state index contributed by atoms with van der Waals surface area (Å²) in [6.45, 7) is 0. The first kappa shape index (κ1) is 8.49. The van der Waals surface area contributed by atoms with Crippen molar-refractivity contribution in [1.29, 1.82) is 0 Å². The number of carbonyl (C=O) groups excluding carboxylic acids is 1. The summed E-state index contributed by atoms with van der Waals surface area (Å²) in [6, 6.07) is 0. The molecule has 0 aliphatic carbocycles. The van der Waals surface area contributed by atoms with Gasteiger partial charge in [0.1, 0.15) is 10.9 Å². The third-order valence-electron chi connectivity index (χ3n) is 1.25. The predicted molar refractivity (Wildman–Crippen MR) is 44.8 cm³/mol. The van der Waals surface area contributed by atoms with Crippen LogP contribution < -0.4 is 5.73 Å². The summed E-state index contributed by atoms with van der Waals surface area (Å²) in [5, 5.41) is 2.48. The van der Waals surface area contributed by atoms with Crippen LogP contribution in [0.4, 0.5) is 0 Å². The maximum absolute atomic E-state index is 10.7. The van der Waals surface area contributed by atoms with Crippen LogP contribution in [-0.4, -0.2) is 16.8 Å². The number of nitrogens with zero attached hydrogens (tertiary/aromatic N) is 1. The van der Waals surface area contributed by atoms with E-state index in [1.165, 1.54) is 11.3 Å². The molecule has 1 atom stereocenters. The zero-order valence-electron chi connectivity index (χ0n) is 5.66.